The number of carbonyl (C=O) groups excluding carboxylic acids is 2. The van der Waals surface area contributed by atoms with Crippen molar-refractivity contribution in [3.8, 4) is 11.3 Å². The third-order valence-corrected chi connectivity index (χ3v) is 3.00. The summed E-state index contributed by atoms with van der Waals surface area (Å²) in [7, 11) is 1.28. The van der Waals surface area contributed by atoms with Crippen molar-refractivity contribution >= 4 is 11.9 Å². The highest BCUT2D eigenvalue weighted by Gasteiger charge is 2.17. The molecule has 1 unspecified atom stereocenters. The highest BCUT2D eigenvalue weighted by molar-refractivity contribution is 5.96. The highest BCUT2D eigenvalue weighted by atomic mass is 16.5. The fourth-order valence-corrected chi connectivity index (χ4v) is 1.82. The van der Waals surface area contributed by atoms with Gasteiger partial charge in [-0.1, -0.05) is 30.3 Å². The van der Waals surface area contributed by atoms with E-state index in [0.29, 0.717) is 5.56 Å². The maximum atomic E-state index is 12.0. The number of hydrogen-bond donors (Lipinski definition) is 1. The lowest BCUT2D eigenvalue weighted by Gasteiger charge is -2.11. The summed E-state index contributed by atoms with van der Waals surface area (Å²) in [4.78, 5) is 27.5. The first kappa shape index (κ1) is 14.7. The molecule has 1 amide bonds. The van der Waals surface area contributed by atoms with E-state index in [4.69, 9.17) is 0 Å². The average molecular weight is 284 g/mol. The molecule has 21 heavy (non-hydrogen) atoms. The number of nitrogens with one attached hydrogen (secondary N) is 1. The number of nitrogens with zero attached hydrogens (tertiary/aromatic N) is 1. The molecule has 0 radical (unpaired) electrons. The molecular formula is C16H16N2O3. The van der Waals surface area contributed by atoms with Crippen LogP contribution in [0.3, 0.4) is 0 Å². The van der Waals surface area contributed by atoms with E-state index in [9.17, 15) is 9.59 Å². The number of carbonyl (C=O) groups is 2. The van der Waals surface area contributed by atoms with Crippen LogP contribution < -0.4 is 5.32 Å². The summed E-state index contributed by atoms with van der Waals surface area (Å²) in [5.74, 6) is -0.850. The second-order valence-corrected chi connectivity index (χ2v) is 4.52. The molecule has 2 rings (SSSR count). The van der Waals surface area contributed by atoms with Gasteiger partial charge in [-0.05, 0) is 19.1 Å². The van der Waals surface area contributed by atoms with Gasteiger partial charge in [0.15, 0.2) is 0 Å². The van der Waals surface area contributed by atoms with Gasteiger partial charge in [0.25, 0.3) is 5.91 Å². The number of hydrogen-bond acceptors (Lipinski definition) is 4. The Kier molecular flexibility index (Phi) is 4.66. The molecule has 0 saturated carbocycles. The average Bonchev–Trinajstić information content (AvgIpc) is 2.55. The molecule has 0 aliphatic carbocycles. The molecule has 0 saturated heterocycles. The second-order valence-electron chi connectivity index (χ2n) is 4.52. The number of pyridine rings is 1. The van der Waals surface area contributed by atoms with E-state index >= 15 is 0 Å². The standard InChI is InChI=1S/C16H16N2O3/c1-11(16(20)21-2)18-15(19)13-8-9-14(17-10-13)12-6-4-3-5-7-12/h3-11H,1-2H3,(H,18,19). The minimum absolute atomic E-state index is 0.361. The van der Waals surface area contributed by atoms with Crippen molar-refractivity contribution in [1.29, 1.82) is 0 Å². The monoisotopic (exact) mass is 284 g/mol. The molecule has 5 heteroatoms. The van der Waals surface area contributed by atoms with Crippen LogP contribution in [0.15, 0.2) is 48.7 Å². The predicted molar refractivity (Wildman–Crippen MR) is 78.6 cm³/mol. The molecule has 0 fully saturated rings. The van der Waals surface area contributed by atoms with Crippen molar-refractivity contribution < 1.29 is 14.3 Å². The lowest BCUT2D eigenvalue weighted by atomic mass is 10.1. The summed E-state index contributed by atoms with van der Waals surface area (Å²) in [6, 6.07) is 12.4. The smallest absolute Gasteiger partial charge is 0.328 e. The Morgan fingerprint density at radius 3 is 2.43 bits per heavy atom. The van der Waals surface area contributed by atoms with E-state index in [1.54, 1.807) is 19.1 Å². The lowest BCUT2D eigenvalue weighted by molar-refractivity contribution is -0.142. The van der Waals surface area contributed by atoms with Crippen LogP contribution in [-0.2, 0) is 9.53 Å². The van der Waals surface area contributed by atoms with E-state index in [0.717, 1.165) is 11.3 Å². The SMILES string of the molecule is COC(=O)C(C)NC(=O)c1ccc(-c2ccccc2)nc1. The van der Waals surface area contributed by atoms with Crippen molar-refractivity contribution in [3.63, 3.8) is 0 Å². The van der Waals surface area contributed by atoms with E-state index in [1.807, 2.05) is 30.3 Å². The largest absolute Gasteiger partial charge is 0.467 e. The first-order valence-corrected chi connectivity index (χ1v) is 6.52. The van der Waals surface area contributed by atoms with Gasteiger partial charge in [-0.3, -0.25) is 9.78 Å². The minimum Gasteiger partial charge on any atom is -0.467 e. The molecule has 2 aromatic rings. The normalized spacial score (nSPS) is 11.5. The van der Waals surface area contributed by atoms with Gasteiger partial charge in [0.1, 0.15) is 6.04 Å². The summed E-state index contributed by atoms with van der Waals surface area (Å²) >= 11 is 0. The first-order valence-electron chi connectivity index (χ1n) is 6.52. The van der Waals surface area contributed by atoms with Crippen molar-refractivity contribution in [3.05, 3.63) is 54.2 Å². The minimum atomic E-state index is -0.698. The molecule has 1 N–H and O–H groups in total. The van der Waals surface area contributed by atoms with Crippen molar-refractivity contribution in [2.45, 2.75) is 13.0 Å². The number of aromatic nitrogens is 1. The fraction of sp³-hybridized carbons (Fsp3) is 0.188. The van der Waals surface area contributed by atoms with Crippen LogP contribution in [0.25, 0.3) is 11.3 Å². The van der Waals surface area contributed by atoms with Gasteiger partial charge in [-0.15, -0.1) is 0 Å². The maximum absolute atomic E-state index is 12.0. The zero-order valence-electron chi connectivity index (χ0n) is 11.9. The summed E-state index contributed by atoms with van der Waals surface area (Å²) in [6.07, 6.45) is 1.49. The van der Waals surface area contributed by atoms with Gasteiger partial charge >= 0.3 is 5.97 Å². The Hall–Kier alpha value is -2.69. The Bertz CT molecular complexity index is 624. The molecule has 5 nitrogen and oxygen atoms in total. The van der Waals surface area contributed by atoms with Gasteiger partial charge in [0, 0.05) is 11.8 Å². The molecule has 1 aromatic carbocycles. The first-order chi connectivity index (χ1) is 10.1. The van der Waals surface area contributed by atoms with Gasteiger partial charge in [-0.25, -0.2) is 4.79 Å². The zero-order chi connectivity index (χ0) is 15.2. The predicted octanol–water partition coefficient (Wildman–Crippen LogP) is 2.04. The molecule has 0 aliphatic heterocycles. The van der Waals surface area contributed by atoms with Crippen molar-refractivity contribution in [2.24, 2.45) is 0 Å². The van der Waals surface area contributed by atoms with Crippen LogP contribution in [0.4, 0.5) is 0 Å². The maximum Gasteiger partial charge on any atom is 0.328 e. The number of amides is 1. The van der Waals surface area contributed by atoms with Crippen LogP contribution in [-0.4, -0.2) is 30.0 Å². The Morgan fingerprint density at radius 2 is 1.86 bits per heavy atom. The Labute approximate surface area is 123 Å². The number of benzene rings is 1. The molecular weight excluding hydrogens is 268 g/mol. The van der Waals surface area contributed by atoms with E-state index in [2.05, 4.69) is 15.0 Å². The number of rotatable bonds is 4. The van der Waals surface area contributed by atoms with Crippen LogP contribution in [0, 0.1) is 0 Å². The quantitative estimate of drug-likeness (QED) is 0.872. The van der Waals surface area contributed by atoms with Crippen LogP contribution in [0.2, 0.25) is 0 Å². The van der Waals surface area contributed by atoms with Crippen molar-refractivity contribution in [2.75, 3.05) is 7.11 Å². The summed E-state index contributed by atoms with van der Waals surface area (Å²) in [5.41, 5.74) is 2.16. The fourth-order valence-electron chi connectivity index (χ4n) is 1.82. The summed E-state index contributed by atoms with van der Waals surface area (Å²) < 4.78 is 4.56. The second kappa shape index (κ2) is 6.65. The van der Waals surface area contributed by atoms with E-state index < -0.39 is 12.0 Å². The third-order valence-electron chi connectivity index (χ3n) is 3.00. The summed E-state index contributed by atoms with van der Waals surface area (Å²) in [5, 5.41) is 2.55. The van der Waals surface area contributed by atoms with E-state index in [-0.39, 0.29) is 5.91 Å². The highest BCUT2D eigenvalue weighted by Crippen LogP contribution is 2.16. The van der Waals surface area contributed by atoms with Crippen LogP contribution in [0.5, 0.6) is 0 Å². The number of methoxy groups -OCH3 is 1. The summed E-state index contributed by atoms with van der Waals surface area (Å²) in [6.45, 7) is 1.56. The lowest BCUT2D eigenvalue weighted by Crippen LogP contribution is -2.39. The van der Waals surface area contributed by atoms with Crippen molar-refractivity contribution in [1.82, 2.24) is 10.3 Å². The topological polar surface area (TPSA) is 68.3 Å². The molecule has 1 aromatic heterocycles. The molecule has 1 heterocycles. The molecule has 0 aliphatic rings. The van der Waals surface area contributed by atoms with E-state index in [1.165, 1.54) is 13.3 Å². The van der Waals surface area contributed by atoms with Gasteiger partial charge in [0.05, 0.1) is 18.4 Å². The number of esters is 1. The molecule has 1 atom stereocenters. The van der Waals surface area contributed by atoms with Gasteiger partial charge in [0.2, 0.25) is 0 Å². The zero-order valence-corrected chi connectivity index (χ0v) is 11.9. The number of ether oxygens (including phenoxy) is 1. The molecule has 108 valence electrons. The van der Waals surface area contributed by atoms with Crippen LogP contribution >= 0.6 is 0 Å². The Morgan fingerprint density at radius 1 is 1.14 bits per heavy atom. The third kappa shape index (κ3) is 3.66. The Balaban J connectivity index is 2.09. The molecule has 0 spiro atoms. The van der Waals surface area contributed by atoms with Crippen LogP contribution in [0.1, 0.15) is 17.3 Å². The molecule has 0 bridgehead atoms. The van der Waals surface area contributed by atoms with Gasteiger partial charge < -0.3 is 10.1 Å². The van der Waals surface area contributed by atoms with Gasteiger partial charge in [-0.2, -0.15) is 0 Å².